The summed E-state index contributed by atoms with van der Waals surface area (Å²) in [6.07, 6.45) is 0. The molecule has 0 saturated carbocycles. The number of rotatable bonds is 7. The average molecular weight is 284 g/mol. The molecule has 3 nitrogen and oxygen atoms in total. The lowest BCUT2D eigenvalue weighted by atomic mass is 10.1. The molecule has 2 aromatic rings. The van der Waals surface area contributed by atoms with Crippen LogP contribution in [0.15, 0.2) is 48.5 Å². The molecule has 0 spiro atoms. The third-order valence-corrected chi connectivity index (χ3v) is 3.64. The molecule has 0 aliphatic heterocycles. The van der Waals surface area contributed by atoms with Gasteiger partial charge in [-0.05, 0) is 36.7 Å². The van der Waals surface area contributed by atoms with E-state index in [-0.39, 0.29) is 0 Å². The van der Waals surface area contributed by atoms with Crippen molar-refractivity contribution in [3.63, 3.8) is 0 Å². The molecule has 2 N–H and O–H groups in total. The summed E-state index contributed by atoms with van der Waals surface area (Å²) in [5.41, 5.74) is 9.20. The Morgan fingerprint density at radius 1 is 1.10 bits per heavy atom. The summed E-state index contributed by atoms with van der Waals surface area (Å²) in [6.45, 7) is 7.88. The van der Waals surface area contributed by atoms with Crippen LogP contribution in [0.1, 0.15) is 18.1 Å². The third-order valence-electron chi connectivity index (χ3n) is 3.64. The van der Waals surface area contributed by atoms with Crippen molar-refractivity contribution in [3.05, 3.63) is 59.7 Å². The van der Waals surface area contributed by atoms with E-state index in [0.29, 0.717) is 6.61 Å². The minimum absolute atomic E-state index is 0.670. The molecular weight excluding hydrogens is 260 g/mol. The normalized spacial score (nSPS) is 10.8. The monoisotopic (exact) mass is 284 g/mol. The van der Waals surface area contributed by atoms with Gasteiger partial charge >= 0.3 is 0 Å². The lowest BCUT2D eigenvalue weighted by molar-refractivity contribution is 0.210. The maximum Gasteiger partial charge on any atom is 0.121 e. The zero-order chi connectivity index (χ0) is 15.1. The van der Waals surface area contributed by atoms with Crippen LogP contribution in [-0.2, 0) is 6.54 Å². The van der Waals surface area contributed by atoms with Gasteiger partial charge in [0.05, 0.1) is 0 Å². The van der Waals surface area contributed by atoms with E-state index in [1.165, 1.54) is 11.1 Å². The maximum atomic E-state index is 5.77. The summed E-state index contributed by atoms with van der Waals surface area (Å²) in [4.78, 5) is 2.38. The summed E-state index contributed by atoms with van der Waals surface area (Å²) in [7, 11) is 0. The molecule has 0 bridgehead atoms. The fourth-order valence-electron chi connectivity index (χ4n) is 2.27. The molecule has 2 aromatic carbocycles. The van der Waals surface area contributed by atoms with Gasteiger partial charge in [-0.3, -0.25) is 4.90 Å². The molecule has 2 rings (SSSR count). The van der Waals surface area contributed by atoms with E-state index in [1.807, 2.05) is 24.3 Å². The van der Waals surface area contributed by atoms with E-state index >= 15 is 0 Å². The summed E-state index contributed by atoms with van der Waals surface area (Å²) >= 11 is 0. The van der Waals surface area contributed by atoms with Gasteiger partial charge in [0.15, 0.2) is 0 Å². The number of likely N-dealkylation sites (N-methyl/N-ethyl adjacent to an activating group) is 1. The lowest BCUT2D eigenvalue weighted by Crippen LogP contribution is -2.28. The highest BCUT2D eigenvalue weighted by molar-refractivity contribution is 5.43. The summed E-state index contributed by atoms with van der Waals surface area (Å²) in [5, 5.41) is 0. The third kappa shape index (κ3) is 4.80. The number of hydrogen-bond donors (Lipinski definition) is 1. The predicted molar refractivity (Wildman–Crippen MR) is 88.5 cm³/mol. The highest BCUT2D eigenvalue weighted by Gasteiger charge is 2.06. The standard InChI is InChI=1S/C18H24N2O/c1-3-20(14-16-8-5-4-7-15(16)2)11-12-21-18-10-6-9-17(19)13-18/h4-10,13H,3,11-12,14,19H2,1-2H3. The number of nitrogens with two attached hydrogens (primary N) is 1. The average Bonchev–Trinajstić information content (AvgIpc) is 2.48. The highest BCUT2D eigenvalue weighted by atomic mass is 16.5. The van der Waals surface area contributed by atoms with E-state index in [9.17, 15) is 0 Å². The van der Waals surface area contributed by atoms with Crippen molar-refractivity contribution in [1.29, 1.82) is 0 Å². The van der Waals surface area contributed by atoms with Crippen LogP contribution in [0.4, 0.5) is 5.69 Å². The first-order valence-corrected chi connectivity index (χ1v) is 7.44. The topological polar surface area (TPSA) is 38.5 Å². The summed E-state index contributed by atoms with van der Waals surface area (Å²) < 4.78 is 5.77. The largest absolute Gasteiger partial charge is 0.492 e. The van der Waals surface area contributed by atoms with Gasteiger partial charge in [-0.15, -0.1) is 0 Å². The van der Waals surface area contributed by atoms with Crippen LogP contribution >= 0.6 is 0 Å². The van der Waals surface area contributed by atoms with Crippen molar-refractivity contribution in [2.24, 2.45) is 0 Å². The van der Waals surface area contributed by atoms with Crippen LogP contribution in [0, 0.1) is 6.92 Å². The smallest absolute Gasteiger partial charge is 0.121 e. The maximum absolute atomic E-state index is 5.77. The molecule has 0 aromatic heterocycles. The molecule has 0 aliphatic carbocycles. The van der Waals surface area contributed by atoms with Crippen LogP contribution in [0.2, 0.25) is 0 Å². The molecule has 3 heteroatoms. The molecule has 0 radical (unpaired) electrons. The number of nitrogen functional groups attached to an aromatic ring is 1. The molecule has 0 aliphatic rings. The quantitative estimate of drug-likeness (QED) is 0.791. The molecule has 0 fully saturated rings. The summed E-state index contributed by atoms with van der Waals surface area (Å²) in [6, 6.07) is 16.1. The Morgan fingerprint density at radius 2 is 1.90 bits per heavy atom. The van der Waals surface area contributed by atoms with Crippen LogP contribution in [0.25, 0.3) is 0 Å². The first-order valence-electron chi connectivity index (χ1n) is 7.44. The van der Waals surface area contributed by atoms with E-state index in [4.69, 9.17) is 10.5 Å². The fraction of sp³-hybridized carbons (Fsp3) is 0.333. The van der Waals surface area contributed by atoms with E-state index in [2.05, 4.69) is 43.0 Å². The molecule has 0 atom stereocenters. The van der Waals surface area contributed by atoms with Gasteiger partial charge in [-0.1, -0.05) is 37.3 Å². The highest BCUT2D eigenvalue weighted by Crippen LogP contribution is 2.15. The first-order chi connectivity index (χ1) is 10.2. The fourth-order valence-corrected chi connectivity index (χ4v) is 2.27. The lowest BCUT2D eigenvalue weighted by Gasteiger charge is -2.21. The summed E-state index contributed by atoms with van der Waals surface area (Å²) in [5.74, 6) is 0.835. The SMILES string of the molecule is CCN(CCOc1cccc(N)c1)Cc1ccccc1C. The van der Waals surface area contributed by atoms with Gasteiger partial charge in [0.1, 0.15) is 12.4 Å². The number of hydrogen-bond acceptors (Lipinski definition) is 3. The van der Waals surface area contributed by atoms with E-state index in [0.717, 1.165) is 31.1 Å². The predicted octanol–water partition coefficient (Wildman–Crippen LogP) is 3.48. The number of nitrogens with zero attached hydrogens (tertiary/aromatic N) is 1. The molecule has 0 heterocycles. The zero-order valence-electron chi connectivity index (χ0n) is 12.9. The Hall–Kier alpha value is -2.00. The van der Waals surface area contributed by atoms with Crippen molar-refractivity contribution in [3.8, 4) is 5.75 Å². The van der Waals surface area contributed by atoms with E-state index in [1.54, 1.807) is 0 Å². The van der Waals surface area contributed by atoms with E-state index < -0.39 is 0 Å². The van der Waals surface area contributed by atoms with Crippen LogP contribution in [0.3, 0.4) is 0 Å². The van der Waals surface area contributed by atoms with Gasteiger partial charge in [-0.2, -0.15) is 0 Å². The molecular formula is C18H24N2O. The second-order valence-corrected chi connectivity index (χ2v) is 5.22. The second-order valence-electron chi connectivity index (χ2n) is 5.22. The van der Waals surface area contributed by atoms with Crippen LogP contribution in [-0.4, -0.2) is 24.6 Å². The first kappa shape index (κ1) is 15.4. The van der Waals surface area contributed by atoms with Gasteiger partial charge in [0.25, 0.3) is 0 Å². The molecule has 0 saturated heterocycles. The molecule has 21 heavy (non-hydrogen) atoms. The second kappa shape index (κ2) is 7.70. The Morgan fingerprint density at radius 3 is 2.62 bits per heavy atom. The molecule has 0 unspecified atom stereocenters. The minimum Gasteiger partial charge on any atom is -0.492 e. The van der Waals surface area contributed by atoms with Crippen LogP contribution < -0.4 is 10.5 Å². The Labute approximate surface area is 127 Å². The minimum atomic E-state index is 0.670. The molecule has 0 amide bonds. The van der Waals surface area contributed by atoms with Gasteiger partial charge in [0.2, 0.25) is 0 Å². The molecule has 112 valence electrons. The Bertz CT molecular complexity index is 569. The van der Waals surface area contributed by atoms with Gasteiger partial charge < -0.3 is 10.5 Å². The number of aryl methyl sites for hydroxylation is 1. The van der Waals surface area contributed by atoms with Gasteiger partial charge in [-0.25, -0.2) is 0 Å². The number of anilines is 1. The number of ether oxygens (including phenoxy) is 1. The van der Waals surface area contributed by atoms with Crippen molar-refractivity contribution in [2.45, 2.75) is 20.4 Å². The Balaban J connectivity index is 1.84. The van der Waals surface area contributed by atoms with Gasteiger partial charge in [0, 0.05) is 24.8 Å². The van der Waals surface area contributed by atoms with Crippen molar-refractivity contribution in [2.75, 3.05) is 25.4 Å². The van der Waals surface area contributed by atoms with Crippen LogP contribution in [0.5, 0.6) is 5.75 Å². The number of benzene rings is 2. The van der Waals surface area contributed by atoms with Crippen molar-refractivity contribution >= 4 is 5.69 Å². The van der Waals surface area contributed by atoms with Crippen molar-refractivity contribution in [1.82, 2.24) is 4.90 Å². The van der Waals surface area contributed by atoms with Crippen molar-refractivity contribution < 1.29 is 4.74 Å². The Kier molecular flexibility index (Phi) is 5.64. The zero-order valence-corrected chi connectivity index (χ0v) is 12.9.